The van der Waals surface area contributed by atoms with Gasteiger partial charge in [-0.3, -0.25) is 4.79 Å². The average Bonchev–Trinajstić information content (AvgIpc) is 2.49. The molecule has 1 aliphatic rings. The van der Waals surface area contributed by atoms with Gasteiger partial charge in [-0.2, -0.15) is 0 Å². The van der Waals surface area contributed by atoms with Gasteiger partial charge < -0.3 is 4.74 Å². The van der Waals surface area contributed by atoms with Gasteiger partial charge in [0.25, 0.3) is 0 Å². The molecule has 0 radical (unpaired) electrons. The molecule has 0 saturated carbocycles. The number of benzene rings is 2. The third-order valence-corrected chi connectivity index (χ3v) is 4.15. The van der Waals surface area contributed by atoms with Crippen LogP contribution in [0.1, 0.15) is 33.2 Å². The van der Waals surface area contributed by atoms with Crippen LogP contribution in [0.25, 0.3) is 16.8 Å². The van der Waals surface area contributed by atoms with Crippen molar-refractivity contribution in [2.45, 2.75) is 6.92 Å². The minimum atomic E-state index is -0.614. The number of cyclic esters (lactones) is 2. The van der Waals surface area contributed by atoms with Crippen LogP contribution in [-0.4, -0.2) is 22.8 Å². The van der Waals surface area contributed by atoms with Crippen LogP contribution >= 0.6 is 11.8 Å². The molecule has 4 nitrogen and oxygen atoms in total. The Hall–Kier alpha value is -2.40. The number of carbonyl (C=O) groups is 3. The highest BCUT2D eigenvalue weighted by Crippen LogP contribution is 2.31. The third kappa shape index (κ3) is 2.55. The lowest BCUT2D eigenvalue weighted by Crippen LogP contribution is -2.19. The Labute approximate surface area is 131 Å². The number of carbonyl (C=O) groups excluding carboxylic acids is 3. The summed E-state index contributed by atoms with van der Waals surface area (Å²) in [6, 6.07) is 8.76. The van der Waals surface area contributed by atoms with E-state index in [0.29, 0.717) is 22.3 Å². The van der Waals surface area contributed by atoms with Gasteiger partial charge >= 0.3 is 11.9 Å². The quantitative estimate of drug-likeness (QED) is 0.642. The van der Waals surface area contributed by atoms with E-state index >= 15 is 0 Å². The lowest BCUT2D eigenvalue weighted by atomic mass is 9.94. The van der Waals surface area contributed by atoms with Crippen molar-refractivity contribution in [1.29, 1.82) is 0 Å². The predicted molar refractivity (Wildman–Crippen MR) is 85.9 cm³/mol. The molecular weight excluding hydrogens is 300 g/mol. The summed E-state index contributed by atoms with van der Waals surface area (Å²) in [7, 11) is 0. The summed E-state index contributed by atoms with van der Waals surface area (Å²) >= 11 is 1.22. The van der Waals surface area contributed by atoms with Crippen LogP contribution in [0.4, 0.5) is 0 Å². The predicted octanol–water partition coefficient (Wildman–Crippen LogP) is 3.44. The second kappa shape index (κ2) is 5.77. The van der Waals surface area contributed by atoms with Crippen LogP contribution in [0, 0.1) is 0 Å². The van der Waals surface area contributed by atoms with Crippen molar-refractivity contribution in [2.75, 3.05) is 5.75 Å². The lowest BCUT2D eigenvalue weighted by Gasteiger charge is -2.16. The second-order valence-corrected chi connectivity index (χ2v) is 6.01. The lowest BCUT2D eigenvalue weighted by molar-refractivity contribution is -0.109. The van der Waals surface area contributed by atoms with Crippen LogP contribution in [0.15, 0.2) is 36.4 Å². The number of hydrogen-bond acceptors (Lipinski definition) is 5. The second-order valence-electron chi connectivity index (χ2n) is 4.81. The summed E-state index contributed by atoms with van der Waals surface area (Å²) in [5, 5.41) is 1.52. The molecule has 5 heteroatoms. The van der Waals surface area contributed by atoms with Crippen LogP contribution in [0.5, 0.6) is 0 Å². The first-order valence-corrected chi connectivity index (χ1v) is 7.68. The van der Waals surface area contributed by atoms with Crippen molar-refractivity contribution in [3.8, 4) is 0 Å². The largest absolute Gasteiger partial charge is 0.386 e. The van der Waals surface area contributed by atoms with Gasteiger partial charge in [-0.1, -0.05) is 42.1 Å². The van der Waals surface area contributed by atoms with E-state index < -0.39 is 11.9 Å². The van der Waals surface area contributed by atoms with E-state index in [-0.39, 0.29) is 5.12 Å². The molecule has 0 bridgehead atoms. The first-order chi connectivity index (χ1) is 10.6. The molecule has 1 heterocycles. The summed E-state index contributed by atoms with van der Waals surface area (Å²) in [5.74, 6) is -0.646. The summed E-state index contributed by atoms with van der Waals surface area (Å²) < 4.78 is 4.73. The van der Waals surface area contributed by atoms with Gasteiger partial charge in [-0.25, -0.2) is 9.59 Å². The molecule has 0 amide bonds. The van der Waals surface area contributed by atoms with Crippen molar-refractivity contribution >= 4 is 45.7 Å². The molecule has 1 aliphatic heterocycles. The fraction of sp³-hybridized carbons (Fsp3) is 0.118. The van der Waals surface area contributed by atoms with E-state index in [0.717, 1.165) is 10.9 Å². The molecule has 0 saturated heterocycles. The first-order valence-electron chi connectivity index (χ1n) is 6.70. The molecule has 0 N–H and O–H groups in total. The highest BCUT2D eigenvalue weighted by atomic mass is 32.2. The molecule has 3 rings (SSSR count). The number of rotatable bonds is 3. The van der Waals surface area contributed by atoms with Gasteiger partial charge in [-0.05, 0) is 23.1 Å². The topological polar surface area (TPSA) is 60.4 Å². The van der Waals surface area contributed by atoms with E-state index in [1.54, 1.807) is 18.2 Å². The summed E-state index contributed by atoms with van der Waals surface area (Å²) in [6.45, 7) is 1.53. The maximum absolute atomic E-state index is 11.8. The Kier molecular flexibility index (Phi) is 3.81. The van der Waals surface area contributed by atoms with Gasteiger partial charge in [0.05, 0.1) is 11.1 Å². The zero-order valence-corrected chi connectivity index (χ0v) is 12.6. The number of thioether (sulfide) groups is 1. The van der Waals surface area contributed by atoms with E-state index in [4.69, 9.17) is 4.74 Å². The zero-order valence-electron chi connectivity index (χ0n) is 11.8. The van der Waals surface area contributed by atoms with Crippen molar-refractivity contribution < 1.29 is 19.1 Å². The van der Waals surface area contributed by atoms with Crippen LogP contribution in [-0.2, 0) is 9.53 Å². The minimum absolute atomic E-state index is 0.0647. The first kappa shape index (κ1) is 14.5. The molecule has 0 atom stereocenters. The molecule has 2 aromatic carbocycles. The number of esters is 2. The number of ether oxygens (including phenoxy) is 1. The minimum Gasteiger partial charge on any atom is -0.386 e. The monoisotopic (exact) mass is 312 g/mol. The van der Waals surface area contributed by atoms with Crippen LogP contribution < -0.4 is 0 Å². The summed E-state index contributed by atoms with van der Waals surface area (Å²) in [4.78, 5) is 34.6. The summed E-state index contributed by atoms with van der Waals surface area (Å²) in [5.41, 5.74) is 1.70. The Morgan fingerprint density at radius 2 is 1.86 bits per heavy atom. The standard InChI is InChI=1S/C17H12O4S/c1-10(18)22-9-3-4-11-7-8-14-15-12(11)5-2-6-13(15)16(19)21-17(14)20/h2-8H,9H2,1H3. The zero-order chi connectivity index (χ0) is 15.7. The SMILES string of the molecule is CC(=O)SCC=Cc1ccc2c3c(cccc13)C(=O)OC2=O. The van der Waals surface area contributed by atoms with E-state index in [9.17, 15) is 14.4 Å². The highest BCUT2D eigenvalue weighted by Gasteiger charge is 2.27. The van der Waals surface area contributed by atoms with E-state index in [2.05, 4.69) is 0 Å². The van der Waals surface area contributed by atoms with Gasteiger partial charge in [-0.15, -0.1) is 0 Å². The fourth-order valence-electron chi connectivity index (χ4n) is 2.45. The molecule has 110 valence electrons. The average molecular weight is 312 g/mol. The Bertz CT molecular complexity index is 816. The molecule has 0 fully saturated rings. The molecular formula is C17H12O4S. The Morgan fingerprint density at radius 1 is 1.14 bits per heavy atom. The van der Waals surface area contributed by atoms with E-state index in [1.165, 1.54) is 18.7 Å². The van der Waals surface area contributed by atoms with Crippen molar-refractivity contribution in [1.82, 2.24) is 0 Å². The Morgan fingerprint density at radius 3 is 2.59 bits per heavy atom. The van der Waals surface area contributed by atoms with Gasteiger partial charge in [0, 0.05) is 18.1 Å². The van der Waals surface area contributed by atoms with Crippen molar-refractivity contribution in [3.05, 3.63) is 53.1 Å². The van der Waals surface area contributed by atoms with Gasteiger partial charge in [0.2, 0.25) is 0 Å². The summed E-state index contributed by atoms with van der Waals surface area (Å²) in [6.07, 6.45) is 3.78. The third-order valence-electron chi connectivity index (χ3n) is 3.38. The van der Waals surface area contributed by atoms with Crippen LogP contribution in [0.3, 0.4) is 0 Å². The molecule has 2 aromatic rings. The van der Waals surface area contributed by atoms with Crippen molar-refractivity contribution in [2.24, 2.45) is 0 Å². The Balaban J connectivity index is 2.08. The van der Waals surface area contributed by atoms with Crippen molar-refractivity contribution in [3.63, 3.8) is 0 Å². The van der Waals surface area contributed by atoms with Crippen LogP contribution in [0.2, 0.25) is 0 Å². The molecule has 0 aliphatic carbocycles. The maximum Gasteiger partial charge on any atom is 0.346 e. The van der Waals surface area contributed by atoms with Gasteiger partial charge in [0.15, 0.2) is 5.12 Å². The molecule has 22 heavy (non-hydrogen) atoms. The molecule has 0 unspecified atom stereocenters. The van der Waals surface area contributed by atoms with Gasteiger partial charge in [0.1, 0.15) is 0 Å². The fourth-order valence-corrected chi connectivity index (χ4v) is 2.88. The number of hydrogen-bond donors (Lipinski definition) is 0. The van der Waals surface area contributed by atoms with E-state index in [1.807, 2.05) is 24.3 Å². The highest BCUT2D eigenvalue weighted by molar-refractivity contribution is 8.13. The maximum atomic E-state index is 11.8. The smallest absolute Gasteiger partial charge is 0.346 e. The normalized spacial score (nSPS) is 13.7. The molecule has 0 spiro atoms. The molecule has 0 aromatic heterocycles.